The number of halogens is 2. The number of hydrogen-bond acceptors (Lipinski definition) is 4. The molecule has 1 aliphatic heterocycles. The van der Waals surface area contributed by atoms with Crippen molar-refractivity contribution in [3.8, 4) is 0 Å². The Hall–Kier alpha value is -2.54. The number of carbonyl (C=O) groups excluding carboxylic acids is 2. The minimum absolute atomic E-state index is 0.295. The van der Waals surface area contributed by atoms with E-state index in [2.05, 4.69) is 20.9 Å². The molecule has 0 fully saturated rings. The van der Waals surface area contributed by atoms with Crippen LogP contribution in [0.5, 0.6) is 0 Å². The third-order valence-corrected chi connectivity index (χ3v) is 4.94. The summed E-state index contributed by atoms with van der Waals surface area (Å²) in [6.45, 7) is 3.22. The summed E-state index contributed by atoms with van der Waals surface area (Å²) in [5.74, 6) is -1.34. The molecule has 0 spiro atoms. The molecule has 5 nitrogen and oxygen atoms in total. The van der Waals surface area contributed by atoms with Crippen LogP contribution in [0.1, 0.15) is 25.0 Å². The SMILES string of the molecule is COC(=O)C(C)N1C(=O)C(C)N=C(c2ccccc2F)c2cc(Br)ccc21. The molecule has 1 aliphatic rings. The highest BCUT2D eigenvalue weighted by molar-refractivity contribution is 9.10. The van der Waals surface area contributed by atoms with Gasteiger partial charge in [0.25, 0.3) is 5.91 Å². The van der Waals surface area contributed by atoms with Gasteiger partial charge in [-0.15, -0.1) is 0 Å². The van der Waals surface area contributed by atoms with Crippen LogP contribution in [0.25, 0.3) is 0 Å². The van der Waals surface area contributed by atoms with E-state index in [0.29, 0.717) is 22.5 Å². The van der Waals surface area contributed by atoms with Gasteiger partial charge in [-0.2, -0.15) is 0 Å². The first-order chi connectivity index (χ1) is 12.8. The predicted octanol–water partition coefficient (Wildman–Crippen LogP) is 3.72. The molecule has 2 aromatic rings. The van der Waals surface area contributed by atoms with E-state index in [1.165, 1.54) is 18.1 Å². The molecule has 3 rings (SSSR count). The zero-order valence-corrected chi connectivity index (χ0v) is 16.7. The number of benzene rings is 2. The fraction of sp³-hybridized carbons (Fsp3) is 0.250. The number of anilines is 1. The molecular weight excluding hydrogens is 415 g/mol. The highest BCUT2D eigenvalue weighted by Gasteiger charge is 2.36. The Morgan fingerprint density at radius 1 is 1.26 bits per heavy atom. The molecule has 0 saturated heterocycles. The van der Waals surface area contributed by atoms with Crippen molar-refractivity contribution in [3.05, 3.63) is 63.9 Å². The van der Waals surface area contributed by atoms with Gasteiger partial charge in [0, 0.05) is 15.6 Å². The van der Waals surface area contributed by atoms with Gasteiger partial charge in [0.2, 0.25) is 0 Å². The van der Waals surface area contributed by atoms with Crippen LogP contribution < -0.4 is 4.90 Å². The maximum absolute atomic E-state index is 14.5. The fourth-order valence-electron chi connectivity index (χ4n) is 3.09. The van der Waals surface area contributed by atoms with E-state index in [9.17, 15) is 14.0 Å². The number of benzodiazepines with no additional fused rings is 1. The standard InChI is InChI=1S/C20H18BrFN2O3/c1-11-19(25)24(12(2)20(26)27-3)17-9-8-13(21)10-15(17)18(23-11)14-6-4-5-7-16(14)22/h4-12H,1-3H3. The lowest BCUT2D eigenvalue weighted by molar-refractivity contribution is -0.143. The van der Waals surface area contributed by atoms with Crippen LogP contribution in [0.2, 0.25) is 0 Å². The van der Waals surface area contributed by atoms with Crippen LogP contribution in [-0.4, -0.2) is 36.8 Å². The predicted molar refractivity (Wildman–Crippen MR) is 105 cm³/mol. The lowest BCUT2D eigenvalue weighted by atomic mass is 9.99. The Labute approximate surface area is 165 Å². The van der Waals surface area contributed by atoms with E-state index in [-0.39, 0.29) is 5.91 Å². The first kappa shape index (κ1) is 19.2. The van der Waals surface area contributed by atoms with Crippen molar-refractivity contribution in [1.29, 1.82) is 0 Å². The molecule has 1 amide bonds. The topological polar surface area (TPSA) is 59.0 Å². The summed E-state index contributed by atoms with van der Waals surface area (Å²) in [6, 6.07) is 9.88. The van der Waals surface area contributed by atoms with Gasteiger partial charge in [0.15, 0.2) is 0 Å². The van der Waals surface area contributed by atoms with E-state index >= 15 is 0 Å². The monoisotopic (exact) mass is 432 g/mol. The number of rotatable bonds is 3. The third-order valence-electron chi connectivity index (χ3n) is 4.45. The number of esters is 1. The highest BCUT2D eigenvalue weighted by atomic mass is 79.9. The average Bonchev–Trinajstić information content (AvgIpc) is 2.76. The Balaban J connectivity index is 2.27. The third kappa shape index (κ3) is 3.51. The molecule has 2 aromatic carbocycles. The Kier molecular flexibility index (Phi) is 5.41. The number of amides is 1. The molecule has 0 N–H and O–H groups in total. The Bertz CT molecular complexity index is 945. The van der Waals surface area contributed by atoms with Crippen LogP contribution in [0.4, 0.5) is 10.1 Å². The van der Waals surface area contributed by atoms with Gasteiger partial charge in [-0.25, -0.2) is 9.18 Å². The van der Waals surface area contributed by atoms with E-state index in [0.717, 1.165) is 4.47 Å². The zero-order valence-electron chi connectivity index (χ0n) is 15.1. The lowest BCUT2D eigenvalue weighted by Gasteiger charge is -2.28. The van der Waals surface area contributed by atoms with Gasteiger partial charge in [0.1, 0.15) is 17.9 Å². The zero-order chi connectivity index (χ0) is 19.7. The molecule has 0 radical (unpaired) electrons. The molecule has 2 unspecified atom stereocenters. The molecule has 7 heteroatoms. The van der Waals surface area contributed by atoms with Crippen molar-refractivity contribution in [2.45, 2.75) is 25.9 Å². The van der Waals surface area contributed by atoms with Crippen LogP contribution in [0, 0.1) is 5.82 Å². The van der Waals surface area contributed by atoms with Crippen molar-refractivity contribution in [2.24, 2.45) is 4.99 Å². The van der Waals surface area contributed by atoms with Crippen LogP contribution >= 0.6 is 15.9 Å². The molecule has 0 bridgehead atoms. The van der Waals surface area contributed by atoms with E-state index in [1.807, 2.05) is 0 Å². The van der Waals surface area contributed by atoms with E-state index in [4.69, 9.17) is 4.74 Å². The van der Waals surface area contributed by atoms with Crippen molar-refractivity contribution < 1.29 is 18.7 Å². The van der Waals surface area contributed by atoms with Gasteiger partial charge < -0.3 is 4.74 Å². The van der Waals surface area contributed by atoms with Crippen molar-refractivity contribution in [1.82, 2.24) is 0 Å². The molecule has 27 heavy (non-hydrogen) atoms. The van der Waals surface area contributed by atoms with Gasteiger partial charge in [-0.05, 0) is 44.2 Å². The fourth-order valence-corrected chi connectivity index (χ4v) is 3.45. The Morgan fingerprint density at radius 3 is 2.63 bits per heavy atom. The summed E-state index contributed by atoms with van der Waals surface area (Å²) in [4.78, 5) is 31.0. The summed E-state index contributed by atoms with van der Waals surface area (Å²) < 4.78 is 20.1. The number of nitrogens with zero attached hydrogens (tertiary/aromatic N) is 2. The molecule has 2 atom stereocenters. The summed E-state index contributed by atoms with van der Waals surface area (Å²) in [5, 5.41) is 0. The largest absolute Gasteiger partial charge is 0.467 e. The lowest BCUT2D eigenvalue weighted by Crippen LogP contribution is -2.47. The molecule has 0 saturated carbocycles. The highest BCUT2D eigenvalue weighted by Crippen LogP contribution is 2.33. The number of methoxy groups -OCH3 is 1. The summed E-state index contributed by atoms with van der Waals surface area (Å²) in [5.41, 5.74) is 1.70. The van der Waals surface area contributed by atoms with Crippen molar-refractivity contribution in [3.63, 3.8) is 0 Å². The Morgan fingerprint density at radius 2 is 1.96 bits per heavy atom. The van der Waals surface area contributed by atoms with Gasteiger partial charge in [-0.3, -0.25) is 14.7 Å². The number of fused-ring (bicyclic) bond motifs is 1. The molecule has 140 valence electrons. The second-order valence-electron chi connectivity index (χ2n) is 6.20. The minimum atomic E-state index is -0.847. The minimum Gasteiger partial charge on any atom is -0.467 e. The number of ether oxygens (including phenoxy) is 1. The maximum Gasteiger partial charge on any atom is 0.328 e. The first-order valence-electron chi connectivity index (χ1n) is 8.38. The number of aliphatic imine (C=N–C) groups is 1. The summed E-state index contributed by atoms with van der Waals surface area (Å²) in [6.07, 6.45) is 0. The normalized spacial score (nSPS) is 17.7. The molecular formula is C20H18BrFN2O3. The van der Waals surface area contributed by atoms with E-state index < -0.39 is 23.9 Å². The van der Waals surface area contributed by atoms with Gasteiger partial charge in [0.05, 0.1) is 18.5 Å². The van der Waals surface area contributed by atoms with Crippen LogP contribution in [0.15, 0.2) is 51.9 Å². The second-order valence-corrected chi connectivity index (χ2v) is 7.12. The van der Waals surface area contributed by atoms with E-state index in [1.54, 1.807) is 50.2 Å². The quantitative estimate of drug-likeness (QED) is 0.694. The first-order valence-corrected chi connectivity index (χ1v) is 9.18. The van der Waals surface area contributed by atoms with Crippen molar-refractivity contribution in [2.75, 3.05) is 12.0 Å². The number of hydrogen-bond donors (Lipinski definition) is 0. The summed E-state index contributed by atoms with van der Waals surface area (Å²) >= 11 is 3.42. The average molecular weight is 433 g/mol. The van der Waals surface area contributed by atoms with Crippen LogP contribution in [-0.2, 0) is 14.3 Å². The maximum atomic E-state index is 14.5. The summed E-state index contributed by atoms with van der Waals surface area (Å²) in [7, 11) is 1.27. The smallest absolute Gasteiger partial charge is 0.328 e. The molecule has 0 aliphatic carbocycles. The van der Waals surface area contributed by atoms with Gasteiger partial charge in [-0.1, -0.05) is 28.1 Å². The van der Waals surface area contributed by atoms with Gasteiger partial charge >= 0.3 is 5.97 Å². The van der Waals surface area contributed by atoms with Crippen LogP contribution in [0.3, 0.4) is 0 Å². The molecule has 0 aromatic heterocycles. The molecule has 1 heterocycles. The number of carbonyl (C=O) groups is 2. The van der Waals surface area contributed by atoms with Crippen molar-refractivity contribution >= 4 is 39.2 Å². The second kappa shape index (κ2) is 7.60.